The number of nitrogens with one attached hydrogen (secondary N) is 2. The summed E-state index contributed by atoms with van der Waals surface area (Å²) in [5, 5.41) is 6.01. The monoisotopic (exact) mass is 513 g/mol. The van der Waals surface area contributed by atoms with Gasteiger partial charge in [-0.15, -0.1) is 11.3 Å². The van der Waals surface area contributed by atoms with E-state index in [1.54, 1.807) is 13.2 Å². The van der Waals surface area contributed by atoms with Crippen molar-refractivity contribution in [2.45, 2.75) is 25.3 Å². The van der Waals surface area contributed by atoms with Crippen LogP contribution in [0.15, 0.2) is 61.3 Å². The molecule has 9 nitrogen and oxygen atoms in total. The van der Waals surface area contributed by atoms with Crippen molar-refractivity contribution >= 4 is 46.1 Å². The molecule has 188 valence electrons. The first-order chi connectivity index (χ1) is 18.0. The first kappa shape index (κ1) is 23.4. The number of amides is 2. The number of rotatable bonds is 6. The van der Waals surface area contributed by atoms with Gasteiger partial charge in [0.25, 0.3) is 5.91 Å². The minimum atomic E-state index is -0.201. The Labute approximate surface area is 218 Å². The molecule has 37 heavy (non-hydrogen) atoms. The Hall–Kier alpha value is -4.05. The predicted molar refractivity (Wildman–Crippen MR) is 145 cm³/mol. The summed E-state index contributed by atoms with van der Waals surface area (Å²) < 4.78 is 2.16. The smallest absolute Gasteiger partial charge is 0.268 e. The Bertz CT molecular complexity index is 1520. The summed E-state index contributed by atoms with van der Waals surface area (Å²) in [4.78, 5) is 42.1. The molecular formula is C27H27N7O2S. The first-order valence-corrected chi connectivity index (χ1v) is 13.1. The van der Waals surface area contributed by atoms with Crippen molar-refractivity contribution in [2.75, 3.05) is 30.8 Å². The normalized spacial score (nSPS) is 20.7. The maximum Gasteiger partial charge on any atom is 0.268 e. The molecule has 1 saturated heterocycles. The van der Waals surface area contributed by atoms with E-state index in [1.807, 2.05) is 47.4 Å². The van der Waals surface area contributed by atoms with Crippen LogP contribution in [0.4, 0.5) is 11.9 Å². The molecule has 1 saturated carbocycles. The van der Waals surface area contributed by atoms with Crippen molar-refractivity contribution in [3.05, 3.63) is 66.2 Å². The van der Waals surface area contributed by atoms with Gasteiger partial charge in [0.05, 0.1) is 26.5 Å². The minimum Gasteiger partial charge on any atom is -0.357 e. The molecule has 0 radical (unpaired) electrons. The lowest BCUT2D eigenvalue weighted by molar-refractivity contribution is -0.125. The number of anilines is 2. The number of aromatic nitrogens is 4. The Balaban J connectivity index is 1.23. The van der Waals surface area contributed by atoms with Crippen molar-refractivity contribution in [1.82, 2.24) is 24.4 Å². The van der Waals surface area contributed by atoms with Crippen LogP contribution in [0.25, 0.3) is 21.6 Å². The molecule has 2 fully saturated rings. The fourth-order valence-electron chi connectivity index (χ4n) is 5.59. The zero-order chi connectivity index (χ0) is 25.6. The summed E-state index contributed by atoms with van der Waals surface area (Å²) in [5.41, 5.74) is 2.74. The van der Waals surface area contributed by atoms with E-state index in [4.69, 9.17) is 4.98 Å². The van der Waals surface area contributed by atoms with Gasteiger partial charge in [-0.2, -0.15) is 0 Å². The summed E-state index contributed by atoms with van der Waals surface area (Å²) in [6.45, 7) is 5.16. The summed E-state index contributed by atoms with van der Waals surface area (Å²) >= 11 is 1.38. The molecule has 1 aliphatic carbocycles. The number of imidazole rings is 1. The van der Waals surface area contributed by atoms with Crippen LogP contribution in [0.3, 0.4) is 0 Å². The molecule has 1 aliphatic heterocycles. The van der Waals surface area contributed by atoms with Gasteiger partial charge in [0.1, 0.15) is 0 Å². The van der Waals surface area contributed by atoms with Crippen LogP contribution in [0, 0.1) is 5.41 Å². The molecule has 1 spiro atoms. The lowest BCUT2D eigenvalue weighted by atomic mass is 9.65. The van der Waals surface area contributed by atoms with Crippen molar-refractivity contribution in [1.29, 1.82) is 0 Å². The molecule has 0 atom stereocenters. The number of nitrogens with zero attached hydrogens (tertiary/aromatic N) is 5. The van der Waals surface area contributed by atoms with Crippen molar-refractivity contribution in [3.8, 4) is 10.6 Å². The van der Waals surface area contributed by atoms with E-state index in [9.17, 15) is 9.59 Å². The van der Waals surface area contributed by atoms with Gasteiger partial charge >= 0.3 is 0 Å². The van der Waals surface area contributed by atoms with Gasteiger partial charge in [-0.25, -0.2) is 15.0 Å². The largest absolute Gasteiger partial charge is 0.357 e. The van der Waals surface area contributed by atoms with Gasteiger partial charge in [0.2, 0.25) is 17.8 Å². The number of likely N-dealkylation sites (tertiary alicyclic amines) is 1. The maximum atomic E-state index is 13.3. The lowest BCUT2D eigenvalue weighted by Crippen LogP contribution is -2.42. The van der Waals surface area contributed by atoms with Crippen LogP contribution in [-0.2, 0) is 4.79 Å². The number of hydrogen-bond donors (Lipinski definition) is 2. The van der Waals surface area contributed by atoms with E-state index >= 15 is 0 Å². The molecule has 3 aromatic heterocycles. The quantitative estimate of drug-likeness (QED) is 0.366. The molecule has 10 heteroatoms. The van der Waals surface area contributed by atoms with Crippen LogP contribution in [0.1, 0.15) is 35.0 Å². The van der Waals surface area contributed by atoms with Gasteiger partial charge in [-0.3, -0.25) is 14.9 Å². The van der Waals surface area contributed by atoms with Gasteiger partial charge in [-0.1, -0.05) is 18.7 Å². The third-order valence-electron chi connectivity index (χ3n) is 7.41. The van der Waals surface area contributed by atoms with Crippen LogP contribution in [0.5, 0.6) is 0 Å². The molecule has 0 unspecified atom stereocenters. The van der Waals surface area contributed by atoms with Gasteiger partial charge in [0.15, 0.2) is 0 Å². The van der Waals surface area contributed by atoms with E-state index in [0.717, 1.165) is 54.0 Å². The summed E-state index contributed by atoms with van der Waals surface area (Å²) in [7, 11) is 1.77. The topological polar surface area (TPSA) is 105 Å². The number of carbonyl (C=O) groups is 2. The van der Waals surface area contributed by atoms with E-state index in [2.05, 4.69) is 31.7 Å². The molecule has 2 N–H and O–H groups in total. The fraction of sp³-hybridized carbons (Fsp3) is 0.296. The zero-order valence-electron chi connectivity index (χ0n) is 20.5. The standard InChI is InChI=1S/C27H27N7O2S/c1-3-23(35)33-13-11-27(16-33)14-17(15-27)34-20-7-5-4-6-18(20)31-26(34)32-24(36)22-9-8-21(37-22)19-10-12-29-25(28-2)30-19/h3-10,12,17H,1,11,13-16H2,2H3,(H,28,29,30)(H,31,32,36)/t17-,27-. The van der Waals surface area contributed by atoms with Crippen molar-refractivity contribution in [2.24, 2.45) is 5.41 Å². The third-order valence-corrected chi connectivity index (χ3v) is 8.52. The highest BCUT2D eigenvalue weighted by Gasteiger charge is 2.50. The van der Waals surface area contributed by atoms with E-state index in [0.29, 0.717) is 16.8 Å². The van der Waals surface area contributed by atoms with Crippen LogP contribution < -0.4 is 10.6 Å². The van der Waals surface area contributed by atoms with Crippen LogP contribution in [-0.4, -0.2) is 56.4 Å². The molecule has 2 aliphatic rings. The van der Waals surface area contributed by atoms with E-state index < -0.39 is 0 Å². The second-order valence-corrected chi connectivity index (χ2v) is 10.8. The Morgan fingerprint density at radius 2 is 2.00 bits per heavy atom. The number of hydrogen-bond acceptors (Lipinski definition) is 7. The minimum absolute atomic E-state index is 0.000761. The highest BCUT2D eigenvalue weighted by Crippen LogP contribution is 2.55. The summed E-state index contributed by atoms with van der Waals surface area (Å²) in [6, 6.07) is 13.7. The molecule has 4 heterocycles. The molecule has 1 aromatic carbocycles. The number of fused-ring (bicyclic) bond motifs is 1. The average molecular weight is 514 g/mol. The van der Waals surface area contributed by atoms with E-state index in [1.165, 1.54) is 17.4 Å². The SMILES string of the molecule is C=CC(=O)N1CC[C@]2(C1)C[C@H](n1c(NC(=O)c3ccc(-c4ccnc(NC)n4)s3)nc3ccccc31)C2. The van der Waals surface area contributed by atoms with Crippen molar-refractivity contribution in [3.63, 3.8) is 0 Å². The van der Waals surface area contributed by atoms with Crippen LogP contribution >= 0.6 is 11.3 Å². The molecule has 6 rings (SSSR count). The van der Waals surface area contributed by atoms with Crippen molar-refractivity contribution < 1.29 is 9.59 Å². The average Bonchev–Trinajstić information content (AvgIpc) is 3.64. The molecule has 0 bridgehead atoms. The number of benzene rings is 1. The molecule has 2 amide bonds. The number of para-hydroxylation sites is 2. The summed E-state index contributed by atoms with van der Waals surface area (Å²) in [6.07, 6.45) is 5.97. The highest BCUT2D eigenvalue weighted by atomic mass is 32.1. The zero-order valence-corrected chi connectivity index (χ0v) is 21.3. The third kappa shape index (κ3) is 4.17. The predicted octanol–water partition coefficient (Wildman–Crippen LogP) is 4.59. The maximum absolute atomic E-state index is 13.3. The second-order valence-electron chi connectivity index (χ2n) is 9.70. The Kier molecular flexibility index (Phi) is 5.75. The van der Waals surface area contributed by atoms with Gasteiger partial charge in [0, 0.05) is 32.4 Å². The van der Waals surface area contributed by atoms with Gasteiger partial charge in [-0.05, 0) is 61.1 Å². The lowest BCUT2D eigenvalue weighted by Gasteiger charge is -2.46. The van der Waals surface area contributed by atoms with E-state index in [-0.39, 0.29) is 23.3 Å². The fourth-order valence-corrected chi connectivity index (χ4v) is 6.46. The van der Waals surface area contributed by atoms with Crippen LogP contribution in [0.2, 0.25) is 0 Å². The first-order valence-electron chi connectivity index (χ1n) is 12.3. The Morgan fingerprint density at radius 3 is 2.81 bits per heavy atom. The summed E-state index contributed by atoms with van der Waals surface area (Å²) in [5.74, 6) is 0.884. The molecular weight excluding hydrogens is 486 g/mol. The second kappa shape index (κ2) is 9.11. The highest BCUT2D eigenvalue weighted by molar-refractivity contribution is 7.17. The Morgan fingerprint density at radius 1 is 1.16 bits per heavy atom. The number of carbonyl (C=O) groups excluding carboxylic acids is 2. The number of thiophene rings is 1. The van der Waals surface area contributed by atoms with Gasteiger partial charge < -0.3 is 14.8 Å². The molecule has 4 aromatic rings.